The van der Waals surface area contributed by atoms with Crippen LogP contribution >= 0.6 is 0 Å². The van der Waals surface area contributed by atoms with Crippen molar-refractivity contribution in [2.75, 3.05) is 24.6 Å². The number of fused-ring (bicyclic) bond motifs is 1. The Morgan fingerprint density at radius 1 is 1.15 bits per heavy atom. The van der Waals surface area contributed by atoms with Crippen molar-refractivity contribution < 1.29 is 19.7 Å². The number of nitrogens with zero attached hydrogens (tertiary/aromatic N) is 2. The van der Waals surface area contributed by atoms with E-state index >= 15 is 0 Å². The van der Waals surface area contributed by atoms with Crippen LogP contribution in [0.5, 0.6) is 5.75 Å². The lowest BCUT2D eigenvalue weighted by atomic mass is 9.92. The van der Waals surface area contributed by atoms with Crippen LogP contribution in [0.1, 0.15) is 12.8 Å². The number of benzene rings is 1. The number of aromatic hydroxyl groups is 1. The first-order valence-corrected chi connectivity index (χ1v) is 8.54. The first-order valence-electron chi connectivity index (χ1n) is 8.54. The van der Waals surface area contributed by atoms with Crippen molar-refractivity contribution in [2.45, 2.75) is 18.4 Å². The molecule has 1 aliphatic heterocycles. The second-order valence-electron chi connectivity index (χ2n) is 6.83. The van der Waals surface area contributed by atoms with Crippen LogP contribution in [-0.2, 0) is 0 Å². The zero-order chi connectivity index (χ0) is 18.3. The number of rotatable bonds is 3. The predicted octanol–water partition coefficient (Wildman–Crippen LogP) is 2.40. The first kappa shape index (κ1) is 16.8. The molecule has 3 heterocycles. The summed E-state index contributed by atoms with van der Waals surface area (Å²) in [5, 5.41) is 29.7. The van der Waals surface area contributed by atoms with Gasteiger partial charge in [-0.2, -0.15) is 4.39 Å². The van der Waals surface area contributed by atoms with Gasteiger partial charge in [-0.1, -0.05) is 0 Å². The van der Waals surface area contributed by atoms with E-state index in [1.807, 2.05) is 4.90 Å². The van der Waals surface area contributed by atoms with Gasteiger partial charge in [-0.15, -0.1) is 0 Å². The summed E-state index contributed by atoms with van der Waals surface area (Å²) in [6, 6.07) is 10.1. The fourth-order valence-electron chi connectivity index (χ4n) is 3.38. The van der Waals surface area contributed by atoms with E-state index in [2.05, 4.69) is 9.97 Å². The Bertz CT molecular complexity index is 948. The van der Waals surface area contributed by atoms with Crippen LogP contribution in [0.2, 0.25) is 0 Å². The van der Waals surface area contributed by atoms with Gasteiger partial charge in [-0.3, -0.25) is 0 Å². The zero-order valence-electron chi connectivity index (χ0n) is 14.1. The Morgan fingerprint density at radius 2 is 1.92 bits per heavy atom. The lowest BCUT2D eigenvalue weighted by molar-refractivity contribution is -0.0326. The molecule has 1 aliphatic rings. The molecule has 1 saturated heterocycles. The highest BCUT2D eigenvalue weighted by Crippen LogP contribution is 2.30. The maximum absolute atomic E-state index is 14.6. The number of aromatic nitrogens is 2. The summed E-state index contributed by atoms with van der Waals surface area (Å²) in [5.74, 6) is 0.0891. The van der Waals surface area contributed by atoms with E-state index in [0.29, 0.717) is 43.0 Å². The number of anilines is 1. The highest BCUT2D eigenvalue weighted by molar-refractivity contribution is 5.87. The van der Waals surface area contributed by atoms with E-state index in [1.54, 1.807) is 36.4 Å². The molecule has 4 N–H and O–H groups in total. The number of nitrogens with one attached hydrogen (secondary N) is 1. The summed E-state index contributed by atoms with van der Waals surface area (Å²) < 4.78 is 14.6. The molecular formula is C19H20FN3O3. The molecule has 0 bridgehead atoms. The summed E-state index contributed by atoms with van der Waals surface area (Å²) in [4.78, 5) is 9.11. The standard InChI is InChI=1S/C19H20FN3O3/c20-18-14(16-10-12-9-13(25)1-3-15(12)21-16)2-4-17(22-18)23-7-5-19(26,11-24)6-8-23/h1-4,9-10,21,24-26H,5-8,11H2. The minimum absolute atomic E-state index is 0.157. The van der Waals surface area contributed by atoms with Gasteiger partial charge in [0.05, 0.1) is 23.5 Å². The molecule has 1 fully saturated rings. The van der Waals surface area contributed by atoms with Gasteiger partial charge in [0, 0.05) is 24.0 Å². The minimum atomic E-state index is -1.05. The van der Waals surface area contributed by atoms with Crippen LogP contribution in [0, 0.1) is 5.95 Å². The molecular weight excluding hydrogens is 337 g/mol. The van der Waals surface area contributed by atoms with Crippen LogP contribution in [0.25, 0.3) is 22.2 Å². The Hall–Kier alpha value is -2.64. The average Bonchev–Trinajstić information content (AvgIpc) is 3.05. The summed E-state index contributed by atoms with van der Waals surface area (Å²) >= 11 is 0. The van der Waals surface area contributed by atoms with Crippen LogP contribution in [0.4, 0.5) is 10.2 Å². The maximum atomic E-state index is 14.6. The lowest BCUT2D eigenvalue weighted by Crippen LogP contribution is -2.46. The van der Waals surface area contributed by atoms with Crippen LogP contribution < -0.4 is 4.90 Å². The van der Waals surface area contributed by atoms with E-state index in [1.165, 1.54) is 0 Å². The summed E-state index contributed by atoms with van der Waals surface area (Å²) in [5.41, 5.74) is 0.703. The largest absolute Gasteiger partial charge is 0.508 e. The van der Waals surface area contributed by atoms with Gasteiger partial charge < -0.3 is 25.2 Å². The van der Waals surface area contributed by atoms with Gasteiger partial charge in [0.2, 0.25) is 5.95 Å². The van der Waals surface area contributed by atoms with Crippen molar-refractivity contribution >= 4 is 16.7 Å². The smallest absolute Gasteiger partial charge is 0.224 e. The van der Waals surface area contributed by atoms with E-state index in [4.69, 9.17) is 0 Å². The van der Waals surface area contributed by atoms with E-state index in [0.717, 1.165) is 10.9 Å². The SMILES string of the molecule is OCC1(O)CCN(c2ccc(-c3cc4cc(O)ccc4[nH]3)c(F)n2)CC1. The van der Waals surface area contributed by atoms with E-state index < -0.39 is 11.5 Å². The number of hydrogen-bond acceptors (Lipinski definition) is 5. The summed E-state index contributed by atoms with van der Waals surface area (Å²) in [6.07, 6.45) is 0.833. The van der Waals surface area contributed by atoms with Crippen molar-refractivity contribution in [3.63, 3.8) is 0 Å². The molecule has 0 unspecified atom stereocenters. The Balaban J connectivity index is 1.59. The van der Waals surface area contributed by atoms with Gasteiger partial charge in [0.1, 0.15) is 11.6 Å². The Kier molecular flexibility index (Phi) is 4.05. The number of H-pyrrole nitrogens is 1. The molecule has 2 aromatic heterocycles. The monoisotopic (exact) mass is 357 g/mol. The van der Waals surface area contributed by atoms with Gasteiger partial charge in [0.25, 0.3) is 0 Å². The molecule has 136 valence electrons. The quantitative estimate of drug-likeness (QED) is 0.540. The first-order chi connectivity index (χ1) is 12.5. The Morgan fingerprint density at radius 3 is 2.62 bits per heavy atom. The van der Waals surface area contributed by atoms with Crippen molar-refractivity contribution in [1.29, 1.82) is 0 Å². The van der Waals surface area contributed by atoms with Crippen molar-refractivity contribution in [3.8, 4) is 17.0 Å². The molecule has 4 rings (SSSR count). The van der Waals surface area contributed by atoms with Gasteiger partial charge in [-0.05, 0) is 49.2 Å². The number of aromatic amines is 1. The normalized spacial score (nSPS) is 17.0. The number of aliphatic hydroxyl groups is 2. The molecule has 0 atom stereocenters. The number of pyridine rings is 1. The van der Waals surface area contributed by atoms with Crippen molar-refractivity contribution in [1.82, 2.24) is 9.97 Å². The topological polar surface area (TPSA) is 92.6 Å². The number of hydrogen-bond donors (Lipinski definition) is 4. The molecule has 1 aromatic carbocycles. The summed E-state index contributed by atoms with van der Waals surface area (Å²) in [7, 11) is 0. The third-order valence-corrected chi connectivity index (χ3v) is 5.04. The highest BCUT2D eigenvalue weighted by Gasteiger charge is 2.32. The molecule has 7 heteroatoms. The van der Waals surface area contributed by atoms with Crippen molar-refractivity contribution in [3.05, 3.63) is 42.3 Å². The molecule has 3 aromatic rings. The number of phenols is 1. The molecule has 26 heavy (non-hydrogen) atoms. The number of halogens is 1. The average molecular weight is 357 g/mol. The third-order valence-electron chi connectivity index (χ3n) is 5.04. The molecule has 0 saturated carbocycles. The van der Waals surface area contributed by atoms with E-state index in [-0.39, 0.29) is 12.4 Å². The second-order valence-corrected chi connectivity index (χ2v) is 6.83. The van der Waals surface area contributed by atoms with Gasteiger partial charge in [-0.25, -0.2) is 4.98 Å². The number of piperidine rings is 1. The number of phenolic OH excluding ortho intramolecular Hbond substituents is 1. The van der Waals surface area contributed by atoms with Gasteiger partial charge in [0.15, 0.2) is 0 Å². The highest BCUT2D eigenvalue weighted by atomic mass is 19.1. The number of aliphatic hydroxyl groups excluding tert-OH is 1. The molecule has 0 amide bonds. The van der Waals surface area contributed by atoms with Crippen LogP contribution in [0.3, 0.4) is 0 Å². The van der Waals surface area contributed by atoms with Crippen LogP contribution in [-0.4, -0.2) is 50.6 Å². The van der Waals surface area contributed by atoms with Gasteiger partial charge >= 0.3 is 0 Å². The molecule has 0 radical (unpaired) electrons. The fourth-order valence-corrected chi connectivity index (χ4v) is 3.38. The Labute approximate surface area is 149 Å². The maximum Gasteiger partial charge on any atom is 0.224 e. The zero-order valence-corrected chi connectivity index (χ0v) is 14.1. The summed E-state index contributed by atoms with van der Waals surface area (Å²) in [6.45, 7) is 0.751. The van der Waals surface area contributed by atoms with Crippen LogP contribution in [0.15, 0.2) is 36.4 Å². The minimum Gasteiger partial charge on any atom is -0.508 e. The second kappa shape index (κ2) is 6.26. The molecule has 6 nitrogen and oxygen atoms in total. The molecule has 0 spiro atoms. The van der Waals surface area contributed by atoms with Crippen molar-refractivity contribution in [2.24, 2.45) is 0 Å². The lowest BCUT2D eigenvalue weighted by Gasteiger charge is -2.37. The fraction of sp³-hybridized carbons (Fsp3) is 0.316. The molecule has 0 aliphatic carbocycles. The predicted molar refractivity (Wildman–Crippen MR) is 96.6 cm³/mol. The third kappa shape index (κ3) is 3.00. The van der Waals surface area contributed by atoms with E-state index in [9.17, 15) is 19.7 Å².